The summed E-state index contributed by atoms with van der Waals surface area (Å²) < 4.78 is 0. The number of hydrogen-bond acceptors (Lipinski definition) is 5. The minimum atomic E-state index is 0.506. The molecule has 0 aliphatic heterocycles. The smallest absolute Gasteiger partial charge is 0.161 e. The monoisotopic (exact) mass is 341 g/mol. The second-order valence-electron chi connectivity index (χ2n) is 6.01. The molecule has 5 heteroatoms. The van der Waals surface area contributed by atoms with E-state index in [0.29, 0.717) is 17.3 Å². The van der Waals surface area contributed by atoms with E-state index in [4.69, 9.17) is 5.73 Å². The first-order chi connectivity index (χ1) is 12.7. The molecular weight excluding hydrogens is 322 g/mol. The highest BCUT2D eigenvalue weighted by Crippen LogP contribution is 2.33. The Morgan fingerprint density at radius 3 is 2.42 bits per heavy atom. The van der Waals surface area contributed by atoms with Gasteiger partial charge >= 0.3 is 0 Å². The highest BCUT2D eigenvalue weighted by molar-refractivity contribution is 5.96. The van der Waals surface area contributed by atoms with E-state index < -0.39 is 0 Å². The second kappa shape index (κ2) is 6.72. The van der Waals surface area contributed by atoms with E-state index in [0.717, 1.165) is 22.1 Å². The number of nitrogen functional groups attached to an aromatic ring is 1. The van der Waals surface area contributed by atoms with Gasteiger partial charge in [0.05, 0.1) is 0 Å². The van der Waals surface area contributed by atoms with Gasteiger partial charge in [0, 0.05) is 23.8 Å². The molecule has 0 unspecified atom stereocenters. The van der Waals surface area contributed by atoms with Crippen LogP contribution in [0.5, 0.6) is 0 Å². The summed E-state index contributed by atoms with van der Waals surface area (Å²) in [6.07, 6.45) is 1.53. The molecular formula is C21H19N5. The number of nitrogens with one attached hydrogen (secondary N) is 1. The van der Waals surface area contributed by atoms with Crippen LogP contribution in [0.3, 0.4) is 0 Å². The van der Waals surface area contributed by atoms with Crippen molar-refractivity contribution < 1.29 is 0 Å². The Kier molecular flexibility index (Phi) is 4.11. The molecule has 4 aromatic rings. The Morgan fingerprint density at radius 2 is 1.58 bits per heavy atom. The van der Waals surface area contributed by atoms with Crippen molar-refractivity contribution in [1.82, 2.24) is 9.97 Å². The second-order valence-corrected chi connectivity index (χ2v) is 6.01. The average molecular weight is 341 g/mol. The number of hydrogen-bond donors (Lipinski definition) is 2. The first-order valence-electron chi connectivity index (χ1n) is 8.38. The zero-order chi connectivity index (χ0) is 17.9. The van der Waals surface area contributed by atoms with E-state index in [1.54, 1.807) is 0 Å². The third-order valence-corrected chi connectivity index (χ3v) is 4.37. The quantitative estimate of drug-likeness (QED) is 0.562. The third-order valence-electron chi connectivity index (χ3n) is 4.37. The molecule has 26 heavy (non-hydrogen) atoms. The van der Waals surface area contributed by atoms with Gasteiger partial charge in [-0.25, -0.2) is 9.97 Å². The number of fused-ring (bicyclic) bond motifs is 1. The number of anilines is 5. The highest BCUT2D eigenvalue weighted by Gasteiger charge is 2.14. The fourth-order valence-electron chi connectivity index (χ4n) is 2.99. The van der Waals surface area contributed by atoms with Gasteiger partial charge in [0.25, 0.3) is 0 Å². The molecule has 0 bridgehead atoms. The number of para-hydroxylation sites is 1. The van der Waals surface area contributed by atoms with E-state index in [9.17, 15) is 0 Å². The van der Waals surface area contributed by atoms with Crippen LogP contribution in [0, 0.1) is 0 Å². The molecule has 1 heterocycles. The van der Waals surface area contributed by atoms with Gasteiger partial charge < -0.3 is 16.0 Å². The predicted octanol–water partition coefficient (Wildman–Crippen LogP) is 4.72. The summed E-state index contributed by atoms with van der Waals surface area (Å²) in [6, 6.07) is 24.3. The summed E-state index contributed by atoms with van der Waals surface area (Å²) >= 11 is 0. The highest BCUT2D eigenvalue weighted by atomic mass is 15.2. The number of nitrogens with two attached hydrogens (primary N) is 1. The molecule has 128 valence electrons. The van der Waals surface area contributed by atoms with Crippen LogP contribution in [0.4, 0.5) is 28.7 Å². The lowest BCUT2D eigenvalue weighted by Gasteiger charge is -2.21. The summed E-state index contributed by atoms with van der Waals surface area (Å²) in [5.41, 5.74) is 8.86. The maximum atomic E-state index is 6.38. The van der Waals surface area contributed by atoms with Crippen LogP contribution in [-0.2, 0) is 0 Å². The molecule has 4 rings (SSSR count). The maximum absolute atomic E-state index is 6.38. The molecule has 3 N–H and O–H groups in total. The van der Waals surface area contributed by atoms with Gasteiger partial charge in [-0.05, 0) is 23.6 Å². The zero-order valence-corrected chi connectivity index (χ0v) is 14.4. The lowest BCUT2D eigenvalue weighted by molar-refractivity contribution is 1.09. The predicted molar refractivity (Wildman–Crippen MR) is 108 cm³/mol. The van der Waals surface area contributed by atoms with Crippen molar-refractivity contribution in [1.29, 1.82) is 0 Å². The SMILES string of the molecule is CN(c1ccccc1)c1ncnc(Nc2cccc3ccccc23)c1N. The van der Waals surface area contributed by atoms with Gasteiger partial charge in [0.15, 0.2) is 11.6 Å². The summed E-state index contributed by atoms with van der Waals surface area (Å²) in [5, 5.41) is 5.63. The average Bonchev–Trinajstić information content (AvgIpc) is 2.70. The Hall–Kier alpha value is -3.60. The van der Waals surface area contributed by atoms with E-state index >= 15 is 0 Å². The van der Waals surface area contributed by atoms with Crippen LogP contribution in [0.1, 0.15) is 0 Å². The van der Waals surface area contributed by atoms with Gasteiger partial charge in [-0.2, -0.15) is 0 Å². The van der Waals surface area contributed by atoms with Crippen molar-refractivity contribution in [3.8, 4) is 0 Å². The Balaban J connectivity index is 1.72. The molecule has 0 aliphatic rings. The van der Waals surface area contributed by atoms with Crippen LogP contribution in [0.2, 0.25) is 0 Å². The van der Waals surface area contributed by atoms with Crippen LogP contribution >= 0.6 is 0 Å². The number of benzene rings is 3. The van der Waals surface area contributed by atoms with Crippen LogP contribution < -0.4 is 16.0 Å². The van der Waals surface area contributed by atoms with Crippen LogP contribution in [-0.4, -0.2) is 17.0 Å². The Morgan fingerprint density at radius 1 is 0.846 bits per heavy atom. The van der Waals surface area contributed by atoms with E-state index in [2.05, 4.69) is 33.5 Å². The maximum Gasteiger partial charge on any atom is 0.161 e. The lowest BCUT2D eigenvalue weighted by Crippen LogP contribution is -2.15. The van der Waals surface area contributed by atoms with E-state index in [1.165, 1.54) is 6.33 Å². The molecule has 0 spiro atoms. The largest absolute Gasteiger partial charge is 0.393 e. The molecule has 0 fully saturated rings. The first kappa shape index (κ1) is 15.9. The molecule has 0 saturated carbocycles. The van der Waals surface area contributed by atoms with Gasteiger partial charge in [0.1, 0.15) is 12.0 Å². The zero-order valence-electron chi connectivity index (χ0n) is 14.4. The molecule has 0 radical (unpaired) electrons. The summed E-state index contributed by atoms with van der Waals surface area (Å²) in [7, 11) is 1.94. The van der Waals surface area contributed by atoms with E-state index in [1.807, 2.05) is 66.5 Å². The molecule has 0 aliphatic carbocycles. The fourth-order valence-corrected chi connectivity index (χ4v) is 2.99. The molecule has 0 saturated heterocycles. The van der Waals surface area contributed by atoms with Gasteiger partial charge in [-0.1, -0.05) is 54.6 Å². The van der Waals surface area contributed by atoms with Crippen LogP contribution in [0.25, 0.3) is 10.8 Å². The number of rotatable bonds is 4. The van der Waals surface area contributed by atoms with Crippen molar-refractivity contribution in [3.05, 3.63) is 79.1 Å². The van der Waals surface area contributed by atoms with Gasteiger partial charge in [-0.3, -0.25) is 0 Å². The summed E-state index contributed by atoms with van der Waals surface area (Å²) in [5.74, 6) is 1.25. The minimum Gasteiger partial charge on any atom is -0.393 e. The van der Waals surface area contributed by atoms with Crippen molar-refractivity contribution in [3.63, 3.8) is 0 Å². The number of aromatic nitrogens is 2. The van der Waals surface area contributed by atoms with Crippen LogP contribution in [0.15, 0.2) is 79.1 Å². The fraction of sp³-hybridized carbons (Fsp3) is 0.0476. The lowest BCUT2D eigenvalue weighted by atomic mass is 10.1. The van der Waals surface area contributed by atoms with E-state index in [-0.39, 0.29) is 0 Å². The minimum absolute atomic E-state index is 0.506. The van der Waals surface area contributed by atoms with Crippen molar-refractivity contribution in [2.45, 2.75) is 0 Å². The molecule has 3 aromatic carbocycles. The van der Waals surface area contributed by atoms with Crippen molar-refractivity contribution in [2.24, 2.45) is 0 Å². The molecule has 1 aromatic heterocycles. The standard InChI is InChI=1S/C21H19N5/c1-26(16-10-3-2-4-11-16)21-19(22)20(23-14-24-21)25-18-13-7-9-15-8-5-6-12-17(15)18/h2-14H,22H2,1H3,(H,23,24,25). The number of nitrogens with zero attached hydrogens (tertiary/aromatic N) is 3. The Bertz CT molecular complexity index is 1040. The van der Waals surface area contributed by atoms with Gasteiger partial charge in [0.2, 0.25) is 0 Å². The molecule has 0 atom stereocenters. The van der Waals surface area contributed by atoms with Crippen molar-refractivity contribution in [2.75, 3.05) is 23.0 Å². The molecule has 0 amide bonds. The third kappa shape index (κ3) is 2.91. The normalized spacial score (nSPS) is 10.7. The Labute approximate surface area is 152 Å². The summed E-state index contributed by atoms with van der Waals surface area (Å²) in [4.78, 5) is 10.7. The van der Waals surface area contributed by atoms with Crippen molar-refractivity contribution >= 4 is 39.5 Å². The van der Waals surface area contributed by atoms with Gasteiger partial charge in [-0.15, -0.1) is 0 Å². The molecule has 5 nitrogen and oxygen atoms in total. The topological polar surface area (TPSA) is 67.1 Å². The first-order valence-corrected chi connectivity index (χ1v) is 8.38. The summed E-state index contributed by atoms with van der Waals surface area (Å²) in [6.45, 7) is 0.